The molecule has 0 amide bonds. The summed E-state index contributed by atoms with van der Waals surface area (Å²) in [6.07, 6.45) is 8.09. The molecular formula is C22H30N7O+. The lowest BCUT2D eigenvalue weighted by Crippen LogP contribution is -2.36. The molecule has 0 unspecified atom stereocenters. The lowest BCUT2D eigenvalue weighted by Gasteiger charge is -2.29. The first-order valence-electron chi connectivity index (χ1n) is 11.0. The Balaban J connectivity index is 1.38. The number of imidazole rings is 1. The number of benzene rings is 1. The summed E-state index contributed by atoms with van der Waals surface area (Å²) in [4.78, 5) is 18.3. The van der Waals surface area contributed by atoms with E-state index >= 15 is 0 Å². The zero-order valence-electron chi connectivity index (χ0n) is 17.5. The number of morpholine rings is 1. The van der Waals surface area contributed by atoms with Crippen LogP contribution in [0.2, 0.25) is 0 Å². The highest BCUT2D eigenvalue weighted by Crippen LogP contribution is 2.28. The number of ether oxygens (including phenoxy) is 1. The molecule has 1 aliphatic heterocycles. The van der Waals surface area contributed by atoms with Crippen molar-refractivity contribution in [3.63, 3.8) is 0 Å². The highest BCUT2D eigenvalue weighted by atomic mass is 16.5. The van der Waals surface area contributed by atoms with Crippen LogP contribution in [0.4, 0.5) is 23.1 Å². The second kappa shape index (κ2) is 8.47. The fourth-order valence-electron chi connectivity index (χ4n) is 4.41. The first kappa shape index (κ1) is 19.1. The van der Waals surface area contributed by atoms with Crippen molar-refractivity contribution in [2.45, 2.75) is 45.1 Å². The zero-order chi connectivity index (χ0) is 20.3. The van der Waals surface area contributed by atoms with Crippen molar-refractivity contribution in [3.8, 4) is 0 Å². The van der Waals surface area contributed by atoms with Gasteiger partial charge in [0.15, 0.2) is 12.1 Å². The summed E-state index contributed by atoms with van der Waals surface area (Å²) in [5.74, 6) is 1.46. The van der Waals surface area contributed by atoms with Crippen LogP contribution in [-0.2, 0) is 4.74 Å². The van der Waals surface area contributed by atoms with E-state index in [1.807, 2.05) is 0 Å². The Kier molecular flexibility index (Phi) is 5.40. The van der Waals surface area contributed by atoms with Gasteiger partial charge in [-0.05, 0) is 43.5 Å². The molecule has 2 aliphatic rings. The van der Waals surface area contributed by atoms with Gasteiger partial charge in [-0.25, -0.2) is 4.98 Å². The second-order valence-electron chi connectivity index (χ2n) is 8.26. The van der Waals surface area contributed by atoms with E-state index in [4.69, 9.17) is 9.72 Å². The standard InChI is InChI=1S/C22H29N7O/c1-15-13-17(29-9-11-30-12-10-29)7-8-18(15)26-22-27-20-19(23-14-24-20)21(28-22)25-16-5-3-2-4-6-16/h7-8,13-14,16H,2-6,9-12H2,1H3,(H3,23,24,25,26,27,28)/p+1. The number of aromatic amines is 2. The van der Waals surface area contributed by atoms with Gasteiger partial charge in [-0.2, -0.15) is 4.98 Å². The average molecular weight is 409 g/mol. The summed E-state index contributed by atoms with van der Waals surface area (Å²) in [7, 11) is 0. The molecule has 8 heteroatoms. The van der Waals surface area contributed by atoms with Crippen molar-refractivity contribution < 1.29 is 9.72 Å². The third-order valence-electron chi connectivity index (χ3n) is 6.11. The maximum Gasteiger partial charge on any atom is 0.307 e. The molecule has 0 bridgehead atoms. The minimum atomic E-state index is 0.475. The van der Waals surface area contributed by atoms with Crippen molar-refractivity contribution in [2.24, 2.45) is 0 Å². The quantitative estimate of drug-likeness (QED) is 0.599. The minimum absolute atomic E-state index is 0.475. The summed E-state index contributed by atoms with van der Waals surface area (Å²) in [6.45, 7) is 5.57. The van der Waals surface area contributed by atoms with Gasteiger partial charge in [0.2, 0.25) is 5.52 Å². The number of nitrogens with zero attached hydrogens (tertiary/aromatic N) is 3. The summed E-state index contributed by atoms with van der Waals surface area (Å²) in [5.41, 5.74) is 5.14. The Morgan fingerprint density at radius 1 is 1.13 bits per heavy atom. The molecule has 0 spiro atoms. The average Bonchev–Trinajstić information content (AvgIpc) is 3.26. The van der Waals surface area contributed by atoms with Crippen molar-refractivity contribution in [1.82, 2.24) is 15.0 Å². The summed E-state index contributed by atoms with van der Waals surface area (Å²) >= 11 is 0. The number of nitrogens with one attached hydrogen (secondary N) is 4. The summed E-state index contributed by atoms with van der Waals surface area (Å²) in [5, 5.41) is 7.06. The molecule has 30 heavy (non-hydrogen) atoms. The predicted molar refractivity (Wildman–Crippen MR) is 118 cm³/mol. The Bertz CT molecular complexity index is 1010. The fraction of sp³-hybridized carbons (Fsp3) is 0.500. The van der Waals surface area contributed by atoms with Crippen LogP contribution in [0.5, 0.6) is 0 Å². The molecule has 2 fully saturated rings. The topological polar surface area (TPSA) is 92.2 Å². The highest BCUT2D eigenvalue weighted by molar-refractivity contribution is 5.82. The number of H-pyrrole nitrogens is 2. The minimum Gasteiger partial charge on any atom is -0.378 e. The van der Waals surface area contributed by atoms with E-state index in [2.05, 4.69) is 55.6 Å². The summed E-state index contributed by atoms with van der Waals surface area (Å²) < 4.78 is 5.47. The van der Waals surface area contributed by atoms with Gasteiger partial charge in [0.25, 0.3) is 0 Å². The van der Waals surface area contributed by atoms with Crippen molar-refractivity contribution in [3.05, 3.63) is 30.1 Å². The van der Waals surface area contributed by atoms with E-state index in [1.165, 1.54) is 43.4 Å². The van der Waals surface area contributed by atoms with E-state index in [0.717, 1.165) is 49.0 Å². The van der Waals surface area contributed by atoms with Crippen molar-refractivity contribution >= 4 is 34.3 Å². The van der Waals surface area contributed by atoms with Gasteiger partial charge in [-0.1, -0.05) is 24.2 Å². The molecule has 3 aromatic rings. The van der Waals surface area contributed by atoms with E-state index in [1.54, 1.807) is 6.33 Å². The van der Waals surface area contributed by atoms with E-state index in [0.29, 0.717) is 12.0 Å². The molecular weight excluding hydrogens is 378 g/mol. The molecule has 4 N–H and O–H groups in total. The lowest BCUT2D eigenvalue weighted by atomic mass is 9.95. The van der Waals surface area contributed by atoms with Gasteiger partial charge in [-0.3, -0.25) is 4.98 Å². The fourth-order valence-corrected chi connectivity index (χ4v) is 4.41. The van der Waals surface area contributed by atoms with Crippen LogP contribution in [0, 0.1) is 6.92 Å². The smallest absolute Gasteiger partial charge is 0.307 e. The maximum absolute atomic E-state index is 5.47. The van der Waals surface area contributed by atoms with Crippen LogP contribution >= 0.6 is 0 Å². The van der Waals surface area contributed by atoms with Gasteiger partial charge in [0, 0.05) is 30.5 Å². The normalized spacial score (nSPS) is 18.0. The van der Waals surface area contributed by atoms with Gasteiger partial charge in [0.1, 0.15) is 0 Å². The van der Waals surface area contributed by atoms with Gasteiger partial charge < -0.3 is 20.3 Å². The number of hydrogen-bond acceptors (Lipinski definition) is 6. The first-order valence-corrected chi connectivity index (χ1v) is 11.0. The van der Waals surface area contributed by atoms with Crippen molar-refractivity contribution in [1.29, 1.82) is 0 Å². The molecule has 158 valence electrons. The third kappa shape index (κ3) is 4.05. The molecule has 1 saturated heterocycles. The molecule has 0 radical (unpaired) electrons. The molecule has 8 nitrogen and oxygen atoms in total. The third-order valence-corrected chi connectivity index (χ3v) is 6.11. The van der Waals surface area contributed by atoms with Crippen LogP contribution in [0.1, 0.15) is 37.7 Å². The van der Waals surface area contributed by atoms with Crippen molar-refractivity contribution in [2.75, 3.05) is 41.8 Å². The van der Waals surface area contributed by atoms with E-state index in [9.17, 15) is 0 Å². The second-order valence-corrected chi connectivity index (χ2v) is 8.26. The van der Waals surface area contributed by atoms with Crippen LogP contribution in [0.15, 0.2) is 24.5 Å². The van der Waals surface area contributed by atoms with Gasteiger partial charge >= 0.3 is 11.6 Å². The van der Waals surface area contributed by atoms with Crippen LogP contribution in [-0.4, -0.2) is 47.3 Å². The monoisotopic (exact) mass is 408 g/mol. The molecule has 1 aliphatic carbocycles. The Morgan fingerprint density at radius 2 is 1.97 bits per heavy atom. The predicted octanol–water partition coefficient (Wildman–Crippen LogP) is 3.41. The number of anilines is 4. The summed E-state index contributed by atoms with van der Waals surface area (Å²) in [6, 6.07) is 6.96. The number of hydrogen-bond donors (Lipinski definition) is 3. The molecule has 2 aromatic heterocycles. The SMILES string of the molecule is Cc1cc(N2CCOCC2)ccc1Nc1nc(NC2CCCCC2)c2[nH]c[nH+]c2n1. The Hall–Kier alpha value is -2.87. The van der Waals surface area contributed by atoms with Crippen LogP contribution in [0.3, 0.4) is 0 Å². The van der Waals surface area contributed by atoms with Crippen LogP contribution in [0.25, 0.3) is 11.2 Å². The number of fused-ring (bicyclic) bond motifs is 1. The molecule has 5 rings (SSSR count). The number of aromatic nitrogens is 4. The molecule has 3 heterocycles. The maximum atomic E-state index is 5.47. The first-order chi connectivity index (χ1) is 14.8. The van der Waals surface area contributed by atoms with Gasteiger partial charge in [-0.15, -0.1) is 0 Å². The Morgan fingerprint density at radius 3 is 2.77 bits per heavy atom. The van der Waals surface area contributed by atoms with E-state index in [-0.39, 0.29) is 0 Å². The zero-order valence-corrected chi connectivity index (χ0v) is 17.5. The lowest BCUT2D eigenvalue weighted by molar-refractivity contribution is -0.347. The number of rotatable bonds is 5. The van der Waals surface area contributed by atoms with E-state index < -0.39 is 0 Å². The highest BCUT2D eigenvalue weighted by Gasteiger charge is 2.21. The largest absolute Gasteiger partial charge is 0.378 e. The van der Waals surface area contributed by atoms with Crippen LogP contribution < -0.4 is 20.5 Å². The molecule has 0 atom stereocenters. The Labute approximate surface area is 176 Å². The molecule has 1 saturated carbocycles. The number of aryl methyl sites for hydroxylation is 1. The molecule has 1 aromatic carbocycles. The van der Waals surface area contributed by atoms with Gasteiger partial charge in [0.05, 0.1) is 13.2 Å².